The van der Waals surface area contributed by atoms with Gasteiger partial charge in [0, 0.05) is 12.8 Å². The van der Waals surface area contributed by atoms with E-state index in [0.717, 1.165) is 25.0 Å². The number of aryl methyl sites for hydroxylation is 1. The zero-order valence-electron chi connectivity index (χ0n) is 9.52. The van der Waals surface area contributed by atoms with Crippen LogP contribution in [0.5, 0.6) is 0 Å². The number of aliphatic hydroxyl groups excluding tert-OH is 1. The van der Waals surface area contributed by atoms with E-state index in [1.165, 1.54) is 0 Å². The molecular formula is C11H20N2O2. The van der Waals surface area contributed by atoms with Crippen LogP contribution >= 0.6 is 0 Å². The summed E-state index contributed by atoms with van der Waals surface area (Å²) >= 11 is 0. The molecule has 1 unspecified atom stereocenters. The predicted octanol–water partition coefficient (Wildman–Crippen LogP) is 1.37. The first-order valence-corrected chi connectivity index (χ1v) is 5.47. The van der Waals surface area contributed by atoms with Crippen molar-refractivity contribution in [2.75, 3.05) is 13.2 Å². The Bertz CT molecular complexity index is 273. The fourth-order valence-corrected chi connectivity index (χ4v) is 1.30. The van der Waals surface area contributed by atoms with Gasteiger partial charge in [-0.05, 0) is 18.9 Å². The van der Waals surface area contributed by atoms with Gasteiger partial charge in [-0.25, -0.2) is 0 Å². The lowest BCUT2D eigenvalue weighted by atomic mass is 10.3. The highest BCUT2D eigenvalue weighted by Crippen LogP contribution is 1.98. The van der Waals surface area contributed by atoms with Gasteiger partial charge < -0.3 is 9.84 Å². The van der Waals surface area contributed by atoms with Crippen LogP contribution in [0.4, 0.5) is 0 Å². The summed E-state index contributed by atoms with van der Waals surface area (Å²) in [4.78, 5) is 0. The van der Waals surface area contributed by atoms with Crippen LogP contribution in [0.15, 0.2) is 12.4 Å². The van der Waals surface area contributed by atoms with Gasteiger partial charge in [0.2, 0.25) is 0 Å². The molecule has 0 aliphatic rings. The van der Waals surface area contributed by atoms with E-state index in [9.17, 15) is 5.11 Å². The molecule has 0 spiro atoms. The van der Waals surface area contributed by atoms with Crippen LogP contribution in [-0.4, -0.2) is 34.2 Å². The summed E-state index contributed by atoms with van der Waals surface area (Å²) in [6, 6.07) is 0. The molecule has 0 aromatic carbocycles. The number of hydrogen-bond donors (Lipinski definition) is 1. The van der Waals surface area contributed by atoms with E-state index in [4.69, 9.17) is 4.74 Å². The summed E-state index contributed by atoms with van der Waals surface area (Å²) < 4.78 is 7.06. The molecule has 1 rings (SSSR count). The van der Waals surface area contributed by atoms with Gasteiger partial charge >= 0.3 is 0 Å². The maximum atomic E-state index is 9.63. The van der Waals surface area contributed by atoms with Crippen LogP contribution in [0.1, 0.15) is 25.3 Å². The number of ether oxygens (including phenoxy) is 1. The van der Waals surface area contributed by atoms with Crippen molar-refractivity contribution in [1.29, 1.82) is 0 Å². The van der Waals surface area contributed by atoms with Gasteiger partial charge in [0.1, 0.15) is 0 Å². The lowest BCUT2D eigenvalue weighted by molar-refractivity contribution is 0.0253. The fraction of sp³-hybridized carbons (Fsp3) is 0.727. The summed E-state index contributed by atoms with van der Waals surface area (Å²) in [6.07, 6.45) is 5.39. The van der Waals surface area contributed by atoms with E-state index in [0.29, 0.717) is 13.2 Å². The van der Waals surface area contributed by atoms with Crippen LogP contribution in [0, 0.1) is 6.92 Å². The van der Waals surface area contributed by atoms with Gasteiger partial charge in [-0.15, -0.1) is 0 Å². The maximum Gasteiger partial charge on any atom is 0.0968 e. The van der Waals surface area contributed by atoms with Gasteiger partial charge in [0.05, 0.1) is 25.5 Å². The van der Waals surface area contributed by atoms with Crippen LogP contribution in [-0.2, 0) is 11.3 Å². The molecule has 1 N–H and O–H groups in total. The first-order chi connectivity index (χ1) is 7.22. The summed E-state index contributed by atoms with van der Waals surface area (Å²) in [5.74, 6) is 0. The SMILES string of the molecule is CCCCOCC(O)Cn1cc(C)cn1. The van der Waals surface area contributed by atoms with Crippen molar-refractivity contribution in [3.8, 4) is 0 Å². The Morgan fingerprint density at radius 2 is 2.40 bits per heavy atom. The molecule has 1 atom stereocenters. The number of aliphatic hydroxyl groups is 1. The molecule has 1 aromatic rings. The average molecular weight is 212 g/mol. The highest BCUT2D eigenvalue weighted by atomic mass is 16.5. The Hall–Kier alpha value is -0.870. The number of hydrogen-bond acceptors (Lipinski definition) is 3. The first kappa shape index (κ1) is 12.2. The normalized spacial score (nSPS) is 13.0. The second-order valence-corrected chi connectivity index (χ2v) is 3.82. The molecule has 0 saturated carbocycles. The summed E-state index contributed by atoms with van der Waals surface area (Å²) in [5, 5.41) is 13.7. The van der Waals surface area contributed by atoms with E-state index < -0.39 is 6.10 Å². The minimum absolute atomic E-state index is 0.388. The summed E-state index contributed by atoms with van der Waals surface area (Å²) in [6.45, 7) is 5.71. The minimum Gasteiger partial charge on any atom is -0.389 e. The largest absolute Gasteiger partial charge is 0.389 e. The van der Waals surface area contributed by atoms with Crippen molar-refractivity contribution in [1.82, 2.24) is 9.78 Å². The van der Waals surface area contributed by atoms with Crippen molar-refractivity contribution in [2.24, 2.45) is 0 Å². The molecule has 0 aliphatic heterocycles. The number of nitrogens with zero attached hydrogens (tertiary/aromatic N) is 2. The highest BCUT2D eigenvalue weighted by Gasteiger charge is 2.05. The van der Waals surface area contributed by atoms with Gasteiger partial charge in [0.25, 0.3) is 0 Å². The first-order valence-electron chi connectivity index (χ1n) is 5.47. The van der Waals surface area contributed by atoms with Gasteiger partial charge in [-0.1, -0.05) is 13.3 Å². The minimum atomic E-state index is -0.471. The van der Waals surface area contributed by atoms with Gasteiger partial charge in [0.15, 0.2) is 0 Å². The maximum absolute atomic E-state index is 9.63. The number of unbranched alkanes of at least 4 members (excludes halogenated alkanes) is 1. The van der Waals surface area contributed by atoms with Crippen molar-refractivity contribution < 1.29 is 9.84 Å². The lowest BCUT2D eigenvalue weighted by Gasteiger charge is -2.10. The van der Waals surface area contributed by atoms with E-state index in [1.54, 1.807) is 10.9 Å². The van der Waals surface area contributed by atoms with Crippen molar-refractivity contribution >= 4 is 0 Å². The molecule has 0 aliphatic carbocycles. The van der Waals surface area contributed by atoms with Crippen molar-refractivity contribution in [3.05, 3.63) is 18.0 Å². The third-order valence-corrected chi connectivity index (χ3v) is 2.11. The molecule has 0 saturated heterocycles. The molecule has 86 valence electrons. The van der Waals surface area contributed by atoms with Crippen LogP contribution in [0.2, 0.25) is 0 Å². The fourth-order valence-electron chi connectivity index (χ4n) is 1.30. The third kappa shape index (κ3) is 4.95. The second kappa shape index (κ2) is 6.58. The highest BCUT2D eigenvalue weighted by molar-refractivity contribution is 4.99. The molecule has 0 fully saturated rings. The van der Waals surface area contributed by atoms with Crippen molar-refractivity contribution in [2.45, 2.75) is 39.3 Å². The predicted molar refractivity (Wildman–Crippen MR) is 58.7 cm³/mol. The molecule has 15 heavy (non-hydrogen) atoms. The smallest absolute Gasteiger partial charge is 0.0968 e. The summed E-state index contributed by atoms with van der Waals surface area (Å²) in [7, 11) is 0. The van der Waals surface area contributed by atoms with Crippen LogP contribution < -0.4 is 0 Å². The topological polar surface area (TPSA) is 47.3 Å². The second-order valence-electron chi connectivity index (χ2n) is 3.82. The van der Waals surface area contributed by atoms with Crippen LogP contribution in [0.25, 0.3) is 0 Å². The van der Waals surface area contributed by atoms with Gasteiger partial charge in [-0.3, -0.25) is 4.68 Å². The molecular weight excluding hydrogens is 192 g/mol. The standard InChI is InChI=1S/C11H20N2O2/c1-3-4-5-15-9-11(14)8-13-7-10(2)6-12-13/h6-7,11,14H,3-5,8-9H2,1-2H3. The molecule has 0 radical (unpaired) electrons. The zero-order valence-corrected chi connectivity index (χ0v) is 9.52. The molecule has 1 aromatic heterocycles. The van der Waals surface area contributed by atoms with E-state index in [1.807, 2.05) is 13.1 Å². The number of rotatable bonds is 7. The average Bonchev–Trinajstić information content (AvgIpc) is 2.59. The van der Waals surface area contributed by atoms with Gasteiger partial charge in [-0.2, -0.15) is 5.10 Å². The molecule has 0 bridgehead atoms. The molecule has 4 nitrogen and oxygen atoms in total. The Morgan fingerprint density at radius 3 is 3.00 bits per heavy atom. The Morgan fingerprint density at radius 1 is 1.60 bits per heavy atom. The molecule has 0 amide bonds. The van der Waals surface area contributed by atoms with E-state index in [-0.39, 0.29) is 0 Å². The zero-order chi connectivity index (χ0) is 11.1. The third-order valence-electron chi connectivity index (χ3n) is 2.11. The molecule has 4 heteroatoms. The molecule has 1 heterocycles. The summed E-state index contributed by atoms with van der Waals surface area (Å²) in [5.41, 5.74) is 1.11. The Balaban J connectivity index is 2.15. The quantitative estimate of drug-likeness (QED) is 0.694. The van der Waals surface area contributed by atoms with Crippen molar-refractivity contribution in [3.63, 3.8) is 0 Å². The lowest BCUT2D eigenvalue weighted by Crippen LogP contribution is -2.22. The van der Waals surface area contributed by atoms with Crippen LogP contribution in [0.3, 0.4) is 0 Å². The van der Waals surface area contributed by atoms with E-state index in [2.05, 4.69) is 12.0 Å². The Labute approximate surface area is 90.9 Å². The Kier molecular flexibility index (Phi) is 5.36. The monoisotopic (exact) mass is 212 g/mol. The van der Waals surface area contributed by atoms with E-state index >= 15 is 0 Å². The number of aromatic nitrogens is 2.